The minimum atomic E-state index is -0.521. The van der Waals surface area contributed by atoms with Gasteiger partial charge in [0.2, 0.25) is 0 Å². The van der Waals surface area contributed by atoms with Crippen molar-refractivity contribution in [1.29, 1.82) is 0 Å². The Morgan fingerprint density at radius 1 is 1.03 bits per heavy atom. The molecule has 0 radical (unpaired) electrons. The molecule has 146 valence electrons. The predicted molar refractivity (Wildman–Crippen MR) is 117 cm³/mol. The largest absolute Gasteiger partial charge is 0.491 e. The summed E-state index contributed by atoms with van der Waals surface area (Å²) in [6.45, 7) is 0.546. The van der Waals surface area contributed by atoms with Crippen molar-refractivity contribution in [2.24, 2.45) is 4.99 Å². The van der Waals surface area contributed by atoms with Gasteiger partial charge in [0.05, 0.1) is 21.8 Å². The second-order valence-electron chi connectivity index (χ2n) is 6.21. The van der Waals surface area contributed by atoms with Crippen molar-refractivity contribution >= 4 is 49.8 Å². The summed E-state index contributed by atoms with van der Waals surface area (Å²) in [5.41, 5.74) is 2.19. The predicted octanol–water partition coefficient (Wildman–Crippen LogP) is 5.77. The lowest BCUT2D eigenvalue weighted by atomic mass is 10.1. The number of esters is 1. The fourth-order valence-corrected chi connectivity index (χ4v) is 4.24. The van der Waals surface area contributed by atoms with Gasteiger partial charge >= 0.3 is 5.97 Å². The number of benzene rings is 2. The highest BCUT2D eigenvalue weighted by molar-refractivity contribution is 9.11. The number of furan rings is 1. The molecule has 2 heterocycles. The van der Waals surface area contributed by atoms with Crippen molar-refractivity contribution < 1.29 is 18.7 Å². The van der Waals surface area contributed by atoms with Crippen LogP contribution < -0.4 is 4.74 Å². The molecule has 1 aliphatic heterocycles. The standard InChI is InChI=1S/C22H15Br2NO4/c23-16-11-15(13-18-22(26)29-21(25-18)19-7-4-9-27-19)12-17(24)20(16)28-10-8-14-5-2-1-3-6-14/h1-7,9,11-13H,8,10H2/b18-13-. The summed E-state index contributed by atoms with van der Waals surface area (Å²) in [4.78, 5) is 16.3. The van der Waals surface area contributed by atoms with Gasteiger partial charge in [-0.1, -0.05) is 30.3 Å². The summed E-state index contributed by atoms with van der Waals surface area (Å²) >= 11 is 7.08. The van der Waals surface area contributed by atoms with Gasteiger partial charge in [0.25, 0.3) is 5.90 Å². The average molecular weight is 517 g/mol. The number of aliphatic imine (C=N–C) groups is 1. The van der Waals surface area contributed by atoms with E-state index in [-0.39, 0.29) is 11.6 Å². The van der Waals surface area contributed by atoms with Crippen LogP contribution in [-0.4, -0.2) is 18.5 Å². The molecule has 0 saturated heterocycles. The fraction of sp³-hybridized carbons (Fsp3) is 0.0909. The van der Waals surface area contributed by atoms with E-state index >= 15 is 0 Å². The van der Waals surface area contributed by atoms with E-state index in [1.54, 1.807) is 18.2 Å². The molecule has 0 saturated carbocycles. The first-order valence-electron chi connectivity index (χ1n) is 8.82. The second-order valence-corrected chi connectivity index (χ2v) is 7.92. The number of ether oxygens (including phenoxy) is 2. The molecule has 0 spiro atoms. The zero-order valence-corrected chi connectivity index (χ0v) is 18.3. The summed E-state index contributed by atoms with van der Waals surface area (Å²) in [6.07, 6.45) is 3.96. The van der Waals surface area contributed by atoms with Crippen LogP contribution in [0.5, 0.6) is 5.75 Å². The Hall–Kier alpha value is -2.64. The van der Waals surface area contributed by atoms with E-state index in [1.165, 1.54) is 11.8 Å². The van der Waals surface area contributed by atoms with Crippen LogP contribution in [0.4, 0.5) is 0 Å². The average Bonchev–Trinajstić information content (AvgIpc) is 3.35. The molecule has 0 bridgehead atoms. The van der Waals surface area contributed by atoms with Gasteiger partial charge in [0, 0.05) is 6.42 Å². The Kier molecular flexibility index (Phi) is 5.97. The Balaban J connectivity index is 1.49. The molecular formula is C22H15Br2NO4. The second kappa shape index (κ2) is 8.80. The zero-order chi connectivity index (χ0) is 20.2. The number of cyclic esters (lactones) is 1. The number of carbonyl (C=O) groups is 1. The van der Waals surface area contributed by atoms with Gasteiger partial charge in [0.1, 0.15) is 5.75 Å². The highest BCUT2D eigenvalue weighted by atomic mass is 79.9. The number of hydrogen-bond donors (Lipinski definition) is 0. The maximum Gasteiger partial charge on any atom is 0.363 e. The van der Waals surface area contributed by atoms with E-state index in [2.05, 4.69) is 49.0 Å². The molecule has 5 nitrogen and oxygen atoms in total. The molecular weight excluding hydrogens is 502 g/mol. The van der Waals surface area contributed by atoms with Crippen molar-refractivity contribution in [3.63, 3.8) is 0 Å². The molecule has 29 heavy (non-hydrogen) atoms. The molecule has 7 heteroatoms. The number of rotatable bonds is 6. The third-order valence-corrected chi connectivity index (χ3v) is 5.33. The Bertz CT molecular complexity index is 1070. The smallest absolute Gasteiger partial charge is 0.363 e. The Morgan fingerprint density at radius 3 is 2.48 bits per heavy atom. The van der Waals surface area contributed by atoms with Crippen molar-refractivity contribution in [3.8, 4) is 5.75 Å². The van der Waals surface area contributed by atoms with E-state index in [0.717, 1.165) is 20.9 Å². The van der Waals surface area contributed by atoms with E-state index in [4.69, 9.17) is 13.9 Å². The fourth-order valence-electron chi connectivity index (χ4n) is 2.79. The van der Waals surface area contributed by atoms with Gasteiger partial charge in [-0.15, -0.1) is 0 Å². The number of nitrogens with zero attached hydrogens (tertiary/aromatic N) is 1. The normalized spacial score (nSPS) is 14.8. The molecule has 0 N–H and O–H groups in total. The Morgan fingerprint density at radius 2 is 1.79 bits per heavy atom. The van der Waals surface area contributed by atoms with Gasteiger partial charge in [0.15, 0.2) is 11.5 Å². The van der Waals surface area contributed by atoms with Gasteiger partial charge in [-0.2, -0.15) is 0 Å². The van der Waals surface area contributed by atoms with Crippen molar-refractivity contribution in [3.05, 3.63) is 92.4 Å². The summed E-state index contributed by atoms with van der Waals surface area (Å²) in [7, 11) is 0. The quantitative estimate of drug-likeness (QED) is 0.308. The SMILES string of the molecule is O=C1OC(c2ccco2)=N/C1=C\c1cc(Br)c(OCCc2ccccc2)c(Br)c1. The third-order valence-electron chi connectivity index (χ3n) is 4.16. The topological polar surface area (TPSA) is 61.0 Å². The van der Waals surface area contributed by atoms with Crippen molar-refractivity contribution in [1.82, 2.24) is 0 Å². The van der Waals surface area contributed by atoms with E-state index < -0.39 is 5.97 Å². The van der Waals surface area contributed by atoms with Crippen LogP contribution in [0.25, 0.3) is 6.08 Å². The molecule has 0 fully saturated rings. The minimum Gasteiger partial charge on any atom is -0.491 e. The van der Waals surface area contributed by atoms with E-state index in [0.29, 0.717) is 18.1 Å². The zero-order valence-electron chi connectivity index (χ0n) is 15.1. The lowest BCUT2D eigenvalue weighted by Crippen LogP contribution is -2.04. The molecule has 1 aromatic heterocycles. The van der Waals surface area contributed by atoms with Crippen LogP contribution in [0.2, 0.25) is 0 Å². The first-order valence-corrected chi connectivity index (χ1v) is 10.4. The highest BCUT2D eigenvalue weighted by Crippen LogP contribution is 2.36. The van der Waals surface area contributed by atoms with Gasteiger partial charge < -0.3 is 13.9 Å². The van der Waals surface area contributed by atoms with Gasteiger partial charge in [-0.3, -0.25) is 0 Å². The van der Waals surface area contributed by atoms with Gasteiger partial charge in [-0.25, -0.2) is 9.79 Å². The number of hydrogen-bond acceptors (Lipinski definition) is 5. The molecule has 0 aliphatic carbocycles. The van der Waals surface area contributed by atoms with Crippen molar-refractivity contribution in [2.45, 2.75) is 6.42 Å². The summed E-state index contributed by atoms with van der Waals surface area (Å²) in [6, 6.07) is 17.3. The molecule has 2 aromatic carbocycles. The third kappa shape index (κ3) is 4.68. The number of carbonyl (C=O) groups excluding carboxylic acids is 1. The maximum atomic E-state index is 12.1. The summed E-state index contributed by atoms with van der Waals surface area (Å²) < 4.78 is 17.9. The Labute approximate surface area is 184 Å². The summed E-state index contributed by atoms with van der Waals surface area (Å²) in [5, 5.41) is 0. The van der Waals surface area contributed by atoms with Crippen LogP contribution in [0.1, 0.15) is 16.9 Å². The molecule has 4 rings (SSSR count). The highest BCUT2D eigenvalue weighted by Gasteiger charge is 2.26. The molecule has 1 aliphatic rings. The van der Waals surface area contributed by atoms with Crippen LogP contribution in [0.15, 0.2) is 84.9 Å². The summed E-state index contributed by atoms with van der Waals surface area (Å²) in [5.74, 6) is 0.750. The lowest BCUT2D eigenvalue weighted by Gasteiger charge is -2.11. The van der Waals surface area contributed by atoms with Crippen LogP contribution in [-0.2, 0) is 16.0 Å². The van der Waals surface area contributed by atoms with Crippen LogP contribution in [0, 0.1) is 0 Å². The molecule has 0 amide bonds. The molecule has 3 aromatic rings. The molecule has 0 atom stereocenters. The van der Waals surface area contributed by atoms with Crippen LogP contribution >= 0.6 is 31.9 Å². The van der Waals surface area contributed by atoms with E-state index in [1.807, 2.05) is 30.3 Å². The first-order chi connectivity index (χ1) is 14.1. The van der Waals surface area contributed by atoms with E-state index in [9.17, 15) is 4.79 Å². The first kappa shape index (κ1) is 19.7. The van der Waals surface area contributed by atoms with Gasteiger partial charge in [-0.05, 0) is 73.3 Å². The molecule has 0 unspecified atom stereocenters. The van der Waals surface area contributed by atoms with Crippen LogP contribution in [0.3, 0.4) is 0 Å². The maximum absolute atomic E-state index is 12.1. The minimum absolute atomic E-state index is 0.158. The number of halogens is 2. The lowest BCUT2D eigenvalue weighted by molar-refractivity contribution is -0.130. The monoisotopic (exact) mass is 515 g/mol. The van der Waals surface area contributed by atoms with Crippen molar-refractivity contribution in [2.75, 3.05) is 6.61 Å².